The average Bonchev–Trinajstić information content (AvgIpc) is 3.52. The topological polar surface area (TPSA) is 237 Å². The van der Waals surface area contributed by atoms with E-state index in [0.717, 1.165) is 102 Å². The van der Waals surface area contributed by atoms with Crippen molar-refractivity contribution in [1.29, 1.82) is 0 Å². The number of aliphatic hydroxyl groups is 1. The van der Waals surface area contributed by atoms with Gasteiger partial charge in [-0.25, -0.2) is 9.13 Å². The number of phosphoric acid groups is 2. The zero-order valence-corrected chi connectivity index (χ0v) is 58.8. The van der Waals surface area contributed by atoms with Crippen LogP contribution in [0.2, 0.25) is 0 Å². The van der Waals surface area contributed by atoms with E-state index in [-0.39, 0.29) is 25.7 Å². The molecule has 3 N–H and O–H groups in total. The van der Waals surface area contributed by atoms with Gasteiger partial charge in [0.25, 0.3) is 0 Å². The number of aliphatic hydroxyl groups excluding tert-OH is 1. The molecule has 88 heavy (non-hydrogen) atoms. The summed E-state index contributed by atoms with van der Waals surface area (Å²) in [7, 11) is -9.90. The van der Waals surface area contributed by atoms with Gasteiger partial charge in [0, 0.05) is 25.7 Å². The fraction of sp³-hybridized carbons (Fsp3) is 0.942. The molecule has 0 spiro atoms. The third-order valence-electron chi connectivity index (χ3n) is 16.0. The van der Waals surface area contributed by atoms with Crippen molar-refractivity contribution in [2.45, 2.75) is 368 Å². The summed E-state index contributed by atoms with van der Waals surface area (Å²) < 4.78 is 68.2. The summed E-state index contributed by atoms with van der Waals surface area (Å²) in [4.78, 5) is 72.4. The maximum Gasteiger partial charge on any atom is 0.472 e. The number of carbonyl (C=O) groups is 4. The molecule has 0 rings (SSSR count). The molecule has 0 aromatic heterocycles. The van der Waals surface area contributed by atoms with Gasteiger partial charge in [-0.05, 0) is 37.5 Å². The Morgan fingerprint density at radius 3 is 0.773 bits per heavy atom. The van der Waals surface area contributed by atoms with Gasteiger partial charge in [0.1, 0.15) is 19.3 Å². The summed E-state index contributed by atoms with van der Waals surface area (Å²) in [6, 6.07) is 0. The second-order valence-electron chi connectivity index (χ2n) is 25.9. The molecule has 0 aliphatic carbocycles. The summed E-state index contributed by atoms with van der Waals surface area (Å²) in [5, 5.41) is 10.6. The predicted molar refractivity (Wildman–Crippen MR) is 354 cm³/mol. The second kappa shape index (κ2) is 61.3. The van der Waals surface area contributed by atoms with Crippen molar-refractivity contribution < 1.29 is 80.2 Å². The third kappa shape index (κ3) is 62.8. The van der Waals surface area contributed by atoms with Gasteiger partial charge in [-0.2, -0.15) is 0 Å². The van der Waals surface area contributed by atoms with Crippen LogP contribution in [0.15, 0.2) is 0 Å². The zero-order valence-electron chi connectivity index (χ0n) is 57.0. The molecule has 0 saturated carbocycles. The molecular weight excluding hydrogens is 1160 g/mol. The van der Waals surface area contributed by atoms with Crippen molar-refractivity contribution in [3.8, 4) is 0 Å². The lowest BCUT2D eigenvalue weighted by Crippen LogP contribution is -2.30. The lowest BCUT2D eigenvalue weighted by molar-refractivity contribution is -0.161. The maximum atomic E-state index is 13.0. The molecular formula is C69H134O17P2. The van der Waals surface area contributed by atoms with Crippen LogP contribution in [-0.2, 0) is 65.4 Å². The normalized spacial score (nSPS) is 14.2. The number of hydrogen-bond donors (Lipinski definition) is 3. The van der Waals surface area contributed by atoms with E-state index in [1.807, 2.05) is 0 Å². The van der Waals surface area contributed by atoms with E-state index < -0.39 is 97.5 Å². The Hall–Kier alpha value is -1.94. The lowest BCUT2D eigenvalue weighted by atomic mass is 10.0. The van der Waals surface area contributed by atoms with Crippen molar-refractivity contribution >= 4 is 39.5 Å². The molecule has 0 aliphatic heterocycles. The van der Waals surface area contributed by atoms with Crippen molar-refractivity contribution in [2.24, 2.45) is 11.8 Å². The highest BCUT2D eigenvalue weighted by Gasteiger charge is 2.30. The Bertz CT molecular complexity index is 1720. The average molecular weight is 1300 g/mol. The van der Waals surface area contributed by atoms with Crippen molar-refractivity contribution in [3.63, 3.8) is 0 Å². The van der Waals surface area contributed by atoms with E-state index in [4.69, 9.17) is 37.0 Å². The van der Waals surface area contributed by atoms with Crippen LogP contribution in [0.3, 0.4) is 0 Å². The van der Waals surface area contributed by atoms with Gasteiger partial charge in [-0.1, -0.05) is 298 Å². The molecule has 0 aromatic rings. The van der Waals surface area contributed by atoms with E-state index in [1.165, 1.54) is 161 Å². The highest BCUT2D eigenvalue weighted by molar-refractivity contribution is 7.47. The van der Waals surface area contributed by atoms with Gasteiger partial charge >= 0.3 is 39.5 Å². The van der Waals surface area contributed by atoms with Gasteiger partial charge in [-0.15, -0.1) is 0 Å². The first-order chi connectivity index (χ1) is 42.4. The van der Waals surface area contributed by atoms with E-state index in [0.29, 0.717) is 31.6 Å². The molecule has 0 saturated heterocycles. The molecule has 0 radical (unpaired) electrons. The highest BCUT2D eigenvalue weighted by atomic mass is 31.2. The largest absolute Gasteiger partial charge is 0.472 e. The Morgan fingerprint density at radius 2 is 0.523 bits per heavy atom. The Morgan fingerprint density at radius 1 is 0.307 bits per heavy atom. The van der Waals surface area contributed by atoms with E-state index >= 15 is 0 Å². The Kier molecular flexibility index (Phi) is 59.9. The molecule has 0 amide bonds. The Labute approximate surface area is 537 Å². The van der Waals surface area contributed by atoms with Gasteiger partial charge in [-0.3, -0.25) is 37.3 Å². The molecule has 5 atom stereocenters. The Balaban J connectivity index is 5.23. The minimum atomic E-state index is -4.95. The first-order valence-electron chi connectivity index (χ1n) is 36.0. The second-order valence-corrected chi connectivity index (χ2v) is 28.8. The standard InChI is InChI=1S/C69H134O17P2/c1-7-9-11-13-15-17-19-20-21-22-23-24-30-34-42-48-54-69(74)85-64(57-79-66(71)51-45-39-32-29-26-25-27-31-37-43-49-61(3)4)59-83-87(75,76)81-55-63(70)56-82-88(77,78)84-60-65(58-80-67(72)52-46-40-36-35-38-44-50-62(5)6)86-68(73)53-47-41-33-28-18-16-14-12-10-8-2/h61-65,70H,7-60H2,1-6H3,(H,75,76)(H,77,78)/t63-,64-,65-/m1/s1. The van der Waals surface area contributed by atoms with Crippen molar-refractivity contribution in [3.05, 3.63) is 0 Å². The minimum absolute atomic E-state index is 0.105. The number of unbranched alkanes of at least 4 members (excludes halogenated alkanes) is 38. The van der Waals surface area contributed by atoms with Crippen LogP contribution in [0.4, 0.5) is 0 Å². The molecule has 522 valence electrons. The summed E-state index contributed by atoms with van der Waals surface area (Å²) in [6.07, 6.45) is 45.9. The molecule has 0 aliphatic rings. The molecule has 19 heteroatoms. The van der Waals surface area contributed by atoms with Gasteiger partial charge in [0.15, 0.2) is 12.2 Å². The smallest absolute Gasteiger partial charge is 0.462 e. The van der Waals surface area contributed by atoms with Crippen LogP contribution in [-0.4, -0.2) is 96.7 Å². The van der Waals surface area contributed by atoms with E-state index in [2.05, 4.69) is 41.5 Å². The minimum Gasteiger partial charge on any atom is -0.462 e. The van der Waals surface area contributed by atoms with Gasteiger partial charge in [0.05, 0.1) is 26.4 Å². The van der Waals surface area contributed by atoms with Crippen LogP contribution in [0, 0.1) is 11.8 Å². The summed E-state index contributed by atoms with van der Waals surface area (Å²) in [5.74, 6) is -0.688. The molecule has 0 aromatic carbocycles. The fourth-order valence-corrected chi connectivity index (χ4v) is 12.0. The van der Waals surface area contributed by atoms with Crippen LogP contribution in [0.5, 0.6) is 0 Å². The quantitative estimate of drug-likeness (QED) is 0.0222. The SMILES string of the molecule is CCCCCCCCCCCCCCCCCCC(=O)O[C@H](COC(=O)CCCCCCCCCCCCC(C)C)COP(=O)(O)OC[C@@H](O)COP(=O)(O)OC[C@@H](COC(=O)CCCCCCCCC(C)C)OC(=O)CCCCCCCCCCCC. The maximum absolute atomic E-state index is 13.0. The first kappa shape index (κ1) is 86.1. The zero-order chi connectivity index (χ0) is 65.0. The number of hydrogen-bond acceptors (Lipinski definition) is 15. The predicted octanol–water partition coefficient (Wildman–Crippen LogP) is 19.6. The molecule has 0 bridgehead atoms. The van der Waals surface area contributed by atoms with Crippen LogP contribution >= 0.6 is 15.6 Å². The molecule has 17 nitrogen and oxygen atoms in total. The first-order valence-corrected chi connectivity index (χ1v) is 39.0. The highest BCUT2D eigenvalue weighted by Crippen LogP contribution is 2.45. The lowest BCUT2D eigenvalue weighted by Gasteiger charge is -2.21. The monoisotopic (exact) mass is 1300 g/mol. The van der Waals surface area contributed by atoms with Gasteiger partial charge in [0.2, 0.25) is 0 Å². The summed E-state index contributed by atoms with van der Waals surface area (Å²) >= 11 is 0. The number of esters is 4. The van der Waals surface area contributed by atoms with E-state index in [1.54, 1.807) is 0 Å². The van der Waals surface area contributed by atoms with Crippen molar-refractivity contribution in [1.82, 2.24) is 0 Å². The van der Waals surface area contributed by atoms with Crippen molar-refractivity contribution in [2.75, 3.05) is 39.6 Å². The molecule has 0 fully saturated rings. The molecule has 2 unspecified atom stereocenters. The number of rotatable bonds is 68. The van der Waals surface area contributed by atoms with E-state index in [9.17, 15) is 43.2 Å². The number of ether oxygens (including phenoxy) is 4. The fourth-order valence-electron chi connectivity index (χ4n) is 10.4. The number of phosphoric ester groups is 2. The third-order valence-corrected chi connectivity index (χ3v) is 17.9. The van der Waals surface area contributed by atoms with Crippen LogP contribution < -0.4 is 0 Å². The summed E-state index contributed by atoms with van der Waals surface area (Å²) in [5.41, 5.74) is 0. The summed E-state index contributed by atoms with van der Waals surface area (Å²) in [6.45, 7) is 9.45. The van der Waals surface area contributed by atoms with Crippen LogP contribution in [0.1, 0.15) is 350 Å². The number of carbonyl (C=O) groups excluding carboxylic acids is 4. The van der Waals surface area contributed by atoms with Crippen LogP contribution in [0.25, 0.3) is 0 Å². The molecule has 0 heterocycles. The van der Waals surface area contributed by atoms with Gasteiger partial charge < -0.3 is 33.8 Å².